The lowest BCUT2D eigenvalue weighted by Gasteiger charge is -2.32. The first kappa shape index (κ1) is 11.6. The fourth-order valence-corrected chi connectivity index (χ4v) is 2.17. The molecule has 0 bridgehead atoms. The van der Waals surface area contributed by atoms with Crippen molar-refractivity contribution in [2.75, 3.05) is 19.7 Å². The van der Waals surface area contributed by atoms with Crippen molar-refractivity contribution >= 4 is 0 Å². The van der Waals surface area contributed by atoms with Crippen LogP contribution in [0.2, 0.25) is 0 Å². The summed E-state index contributed by atoms with van der Waals surface area (Å²) in [6.45, 7) is 3.04. The highest BCUT2D eigenvalue weighted by atomic mass is 16.3. The first-order valence-electron chi connectivity index (χ1n) is 6.10. The maximum atomic E-state index is 9.06. The minimum Gasteiger partial charge on any atom is -0.395 e. The minimum atomic E-state index is 0.243. The summed E-state index contributed by atoms with van der Waals surface area (Å²) in [7, 11) is 0. The summed E-state index contributed by atoms with van der Waals surface area (Å²) in [4.78, 5) is 6.46. The van der Waals surface area contributed by atoms with Gasteiger partial charge in [0.25, 0.3) is 0 Å². The smallest absolute Gasteiger partial charge is 0.0558 e. The van der Waals surface area contributed by atoms with Gasteiger partial charge in [-0.2, -0.15) is 0 Å². The van der Waals surface area contributed by atoms with Crippen LogP contribution in [0.3, 0.4) is 0 Å². The molecule has 0 radical (unpaired) electrons. The van der Waals surface area contributed by atoms with E-state index in [4.69, 9.17) is 5.11 Å². The summed E-state index contributed by atoms with van der Waals surface area (Å²) in [6.07, 6.45) is 7.80. The number of aliphatic hydroxyl groups excluding tert-OH is 1. The first-order chi connectivity index (χ1) is 7.88. The molecule has 88 valence electrons. The summed E-state index contributed by atoms with van der Waals surface area (Å²) < 4.78 is 0. The zero-order valence-electron chi connectivity index (χ0n) is 9.68. The van der Waals surface area contributed by atoms with Crippen molar-refractivity contribution in [1.29, 1.82) is 0 Å². The van der Waals surface area contributed by atoms with Crippen LogP contribution in [0.5, 0.6) is 0 Å². The quantitative estimate of drug-likeness (QED) is 0.792. The number of aromatic nitrogens is 1. The van der Waals surface area contributed by atoms with Gasteiger partial charge in [-0.3, -0.25) is 9.88 Å². The van der Waals surface area contributed by atoms with Crippen molar-refractivity contribution < 1.29 is 5.11 Å². The van der Waals surface area contributed by atoms with Gasteiger partial charge in [0.05, 0.1) is 6.61 Å². The van der Waals surface area contributed by atoms with Crippen LogP contribution in [-0.4, -0.2) is 34.7 Å². The fraction of sp³-hybridized carbons (Fsp3) is 0.615. The minimum absolute atomic E-state index is 0.243. The lowest BCUT2D eigenvalue weighted by Crippen LogP contribution is -2.34. The lowest BCUT2D eigenvalue weighted by atomic mass is 9.85. The predicted octanol–water partition coefficient (Wildman–Crippen LogP) is 1.68. The molecule has 1 aliphatic carbocycles. The first-order valence-corrected chi connectivity index (χ1v) is 6.10. The molecule has 3 heteroatoms. The number of pyridine rings is 1. The summed E-state index contributed by atoms with van der Waals surface area (Å²) in [5, 5.41) is 9.06. The van der Waals surface area contributed by atoms with Crippen LogP contribution < -0.4 is 0 Å². The van der Waals surface area contributed by atoms with Crippen LogP contribution in [-0.2, 0) is 6.54 Å². The predicted molar refractivity (Wildman–Crippen MR) is 63.9 cm³/mol. The topological polar surface area (TPSA) is 36.4 Å². The molecule has 0 aliphatic heterocycles. The van der Waals surface area contributed by atoms with Crippen molar-refractivity contribution in [2.24, 2.45) is 5.92 Å². The molecule has 1 aromatic heterocycles. The van der Waals surface area contributed by atoms with Gasteiger partial charge in [0.2, 0.25) is 0 Å². The highest BCUT2D eigenvalue weighted by Crippen LogP contribution is 2.27. The van der Waals surface area contributed by atoms with E-state index in [9.17, 15) is 0 Å². The Morgan fingerprint density at radius 2 is 2.31 bits per heavy atom. The van der Waals surface area contributed by atoms with E-state index in [0.717, 1.165) is 25.6 Å². The molecule has 0 saturated heterocycles. The SMILES string of the molecule is OCCN(Cc1cccnc1)CC1CCC1. The molecular formula is C13H20N2O. The van der Waals surface area contributed by atoms with E-state index in [2.05, 4.69) is 16.0 Å². The molecule has 1 N–H and O–H groups in total. The van der Waals surface area contributed by atoms with Crippen LogP contribution in [0.25, 0.3) is 0 Å². The van der Waals surface area contributed by atoms with E-state index < -0.39 is 0 Å². The molecule has 3 nitrogen and oxygen atoms in total. The maximum Gasteiger partial charge on any atom is 0.0558 e. The van der Waals surface area contributed by atoms with Crippen LogP contribution >= 0.6 is 0 Å². The van der Waals surface area contributed by atoms with Crippen molar-refractivity contribution in [1.82, 2.24) is 9.88 Å². The number of nitrogens with zero attached hydrogens (tertiary/aromatic N) is 2. The molecule has 0 unspecified atom stereocenters. The van der Waals surface area contributed by atoms with Crippen LogP contribution in [0.4, 0.5) is 0 Å². The Kier molecular flexibility index (Phi) is 4.31. The van der Waals surface area contributed by atoms with Crippen LogP contribution in [0.15, 0.2) is 24.5 Å². The highest BCUT2D eigenvalue weighted by molar-refractivity contribution is 5.08. The summed E-state index contributed by atoms with van der Waals surface area (Å²) in [6, 6.07) is 4.06. The molecular weight excluding hydrogens is 200 g/mol. The van der Waals surface area contributed by atoms with Gasteiger partial charge in [0, 0.05) is 32.0 Å². The van der Waals surface area contributed by atoms with E-state index in [1.165, 1.54) is 24.8 Å². The Balaban J connectivity index is 1.86. The number of aliphatic hydroxyl groups is 1. The average molecular weight is 220 g/mol. The van der Waals surface area contributed by atoms with Gasteiger partial charge < -0.3 is 5.11 Å². The molecule has 1 heterocycles. The third-order valence-electron chi connectivity index (χ3n) is 3.29. The largest absolute Gasteiger partial charge is 0.395 e. The third-order valence-corrected chi connectivity index (χ3v) is 3.29. The number of hydrogen-bond donors (Lipinski definition) is 1. The van der Waals surface area contributed by atoms with Crippen molar-refractivity contribution in [3.8, 4) is 0 Å². The maximum absolute atomic E-state index is 9.06. The normalized spacial score (nSPS) is 16.4. The second-order valence-electron chi connectivity index (χ2n) is 4.62. The Labute approximate surface area is 97.1 Å². The molecule has 16 heavy (non-hydrogen) atoms. The van der Waals surface area contributed by atoms with Gasteiger partial charge in [-0.05, 0) is 30.4 Å². The van der Waals surface area contributed by atoms with E-state index in [1.807, 2.05) is 12.3 Å². The lowest BCUT2D eigenvalue weighted by molar-refractivity contribution is 0.140. The zero-order valence-corrected chi connectivity index (χ0v) is 9.68. The van der Waals surface area contributed by atoms with E-state index in [1.54, 1.807) is 6.20 Å². The van der Waals surface area contributed by atoms with Gasteiger partial charge in [0.1, 0.15) is 0 Å². The summed E-state index contributed by atoms with van der Waals surface area (Å²) in [5.74, 6) is 0.850. The second-order valence-corrected chi connectivity index (χ2v) is 4.62. The van der Waals surface area contributed by atoms with E-state index in [-0.39, 0.29) is 6.61 Å². The standard InChI is InChI=1S/C13H20N2O/c16-8-7-15(10-12-3-1-4-12)11-13-5-2-6-14-9-13/h2,5-6,9,12,16H,1,3-4,7-8,10-11H2. The van der Waals surface area contributed by atoms with Crippen LogP contribution in [0.1, 0.15) is 24.8 Å². The average Bonchev–Trinajstić information content (AvgIpc) is 2.25. The Bertz CT molecular complexity index is 298. The Morgan fingerprint density at radius 1 is 1.44 bits per heavy atom. The molecule has 1 saturated carbocycles. The van der Waals surface area contributed by atoms with Crippen LogP contribution in [0, 0.1) is 5.92 Å². The number of hydrogen-bond acceptors (Lipinski definition) is 3. The summed E-state index contributed by atoms with van der Waals surface area (Å²) in [5.41, 5.74) is 1.23. The molecule has 1 fully saturated rings. The molecule has 0 atom stereocenters. The second kappa shape index (κ2) is 5.97. The summed E-state index contributed by atoms with van der Waals surface area (Å²) >= 11 is 0. The van der Waals surface area contributed by atoms with Gasteiger partial charge in [-0.25, -0.2) is 0 Å². The number of rotatable bonds is 6. The monoisotopic (exact) mass is 220 g/mol. The van der Waals surface area contributed by atoms with Crippen molar-refractivity contribution in [2.45, 2.75) is 25.8 Å². The van der Waals surface area contributed by atoms with E-state index >= 15 is 0 Å². The van der Waals surface area contributed by atoms with Crippen molar-refractivity contribution in [3.05, 3.63) is 30.1 Å². The van der Waals surface area contributed by atoms with Gasteiger partial charge in [0.15, 0.2) is 0 Å². The fourth-order valence-electron chi connectivity index (χ4n) is 2.17. The molecule has 0 spiro atoms. The zero-order chi connectivity index (χ0) is 11.2. The van der Waals surface area contributed by atoms with Gasteiger partial charge in [-0.1, -0.05) is 12.5 Å². The molecule has 1 aliphatic rings. The third kappa shape index (κ3) is 3.29. The Hall–Kier alpha value is -0.930. The van der Waals surface area contributed by atoms with E-state index in [0.29, 0.717) is 0 Å². The van der Waals surface area contributed by atoms with Crippen molar-refractivity contribution in [3.63, 3.8) is 0 Å². The molecule has 0 amide bonds. The molecule has 0 aromatic carbocycles. The highest BCUT2D eigenvalue weighted by Gasteiger charge is 2.20. The molecule has 2 rings (SSSR count). The van der Waals surface area contributed by atoms with Gasteiger partial charge in [-0.15, -0.1) is 0 Å². The Morgan fingerprint density at radius 3 is 2.88 bits per heavy atom. The van der Waals surface area contributed by atoms with Gasteiger partial charge >= 0.3 is 0 Å². The molecule has 1 aromatic rings.